The molecule has 0 aliphatic rings. The number of aryl methyl sites for hydroxylation is 1. The minimum Gasteiger partial charge on any atom is -0.508 e. The molecule has 0 atom stereocenters. The van der Waals surface area contributed by atoms with Gasteiger partial charge in [0.1, 0.15) is 11.4 Å². The lowest BCUT2D eigenvalue weighted by Gasteiger charge is -2.08. The van der Waals surface area contributed by atoms with Crippen LogP contribution < -0.4 is 0 Å². The average molecular weight is 388 g/mol. The minimum absolute atomic E-state index is 0.100. The Hall–Kier alpha value is -2.78. The van der Waals surface area contributed by atoms with Gasteiger partial charge in [0, 0.05) is 29.8 Å². The van der Waals surface area contributed by atoms with Crippen molar-refractivity contribution < 1.29 is 18.6 Å². The second-order valence-electron chi connectivity index (χ2n) is 6.31. The number of aliphatic hydroxyl groups is 1. The maximum absolute atomic E-state index is 11.8. The topological polar surface area (TPSA) is 118 Å². The third kappa shape index (κ3) is 3.83. The van der Waals surface area contributed by atoms with Gasteiger partial charge in [0.05, 0.1) is 18.8 Å². The number of aliphatic hydroxyl groups excluding tert-OH is 1. The second kappa shape index (κ2) is 7.09. The maximum Gasteiger partial charge on any atom is 0.247 e. The summed E-state index contributed by atoms with van der Waals surface area (Å²) in [6, 6.07) is 5.10. The Bertz CT molecular complexity index is 1080. The van der Waals surface area contributed by atoms with E-state index in [0.717, 1.165) is 17.4 Å². The Morgan fingerprint density at radius 3 is 2.59 bits per heavy atom. The van der Waals surface area contributed by atoms with Gasteiger partial charge in [-0.15, -0.1) is 0 Å². The van der Waals surface area contributed by atoms with E-state index in [1.54, 1.807) is 23.0 Å². The Balaban J connectivity index is 2.22. The monoisotopic (exact) mass is 388 g/mol. The summed E-state index contributed by atoms with van der Waals surface area (Å²) in [4.78, 5) is 7.97. The van der Waals surface area contributed by atoms with E-state index in [0.29, 0.717) is 22.5 Å². The molecule has 3 aromatic rings. The summed E-state index contributed by atoms with van der Waals surface area (Å²) in [5, 5.41) is 23.6. The zero-order valence-corrected chi connectivity index (χ0v) is 16.0. The Morgan fingerprint density at radius 2 is 1.96 bits per heavy atom. The van der Waals surface area contributed by atoms with Gasteiger partial charge < -0.3 is 10.2 Å². The highest BCUT2D eigenvalue weighted by molar-refractivity contribution is 7.90. The smallest absolute Gasteiger partial charge is 0.247 e. The number of aromatic nitrogens is 4. The first-order chi connectivity index (χ1) is 12.7. The van der Waals surface area contributed by atoms with E-state index < -0.39 is 9.84 Å². The fourth-order valence-corrected chi connectivity index (χ4v) is 3.20. The van der Waals surface area contributed by atoms with Gasteiger partial charge in [0.25, 0.3) is 0 Å². The third-order valence-electron chi connectivity index (χ3n) is 4.25. The fourth-order valence-electron chi connectivity index (χ4n) is 2.69. The summed E-state index contributed by atoms with van der Waals surface area (Å²) in [5.41, 5.74) is 3.84. The van der Waals surface area contributed by atoms with E-state index >= 15 is 0 Å². The van der Waals surface area contributed by atoms with Crippen LogP contribution >= 0.6 is 0 Å². The molecular formula is C18H20N4O4S. The molecule has 0 spiro atoms. The molecule has 0 aliphatic carbocycles. The van der Waals surface area contributed by atoms with Crippen LogP contribution in [0.1, 0.15) is 11.1 Å². The molecule has 3 rings (SSSR count). The van der Waals surface area contributed by atoms with Crippen molar-refractivity contribution >= 4 is 9.84 Å². The molecule has 2 N–H and O–H groups in total. The predicted molar refractivity (Wildman–Crippen MR) is 100 cm³/mol. The summed E-state index contributed by atoms with van der Waals surface area (Å²) in [6.07, 6.45) is 4.11. The minimum atomic E-state index is -3.56. The second-order valence-corrected chi connectivity index (χ2v) is 8.22. The van der Waals surface area contributed by atoms with Crippen molar-refractivity contribution in [3.8, 4) is 28.3 Å². The van der Waals surface area contributed by atoms with Crippen molar-refractivity contribution in [2.24, 2.45) is 0 Å². The van der Waals surface area contributed by atoms with Crippen molar-refractivity contribution in [3.05, 3.63) is 41.7 Å². The molecule has 142 valence electrons. The van der Waals surface area contributed by atoms with Crippen LogP contribution in [0.5, 0.6) is 5.75 Å². The average Bonchev–Trinajstić information content (AvgIpc) is 3.03. The van der Waals surface area contributed by atoms with Crippen molar-refractivity contribution in [3.63, 3.8) is 0 Å². The summed E-state index contributed by atoms with van der Waals surface area (Å²) in [7, 11) is -3.56. The zero-order valence-electron chi connectivity index (χ0n) is 15.2. The number of benzene rings is 1. The molecule has 27 heavy (non-hydrogen) atoms. The van der Waals surface area contributed by atoms with Gasteiger partial charge in [-0.1, -0.05) is 0 Å². The highest BCUT2D eigenvalue weighted by Gasteiger charge is 2.19. The van der Waals surface area contributed by atoms with Gasteiger partial charge >= 0.3 is 0 Å². The highest BCUT2D eigenvalue weighted by atomic mass is 32.2. The van der Waals surface area contributed by atoms with Gasteiger partial charge in [-0.25, -0.2) is 18.4 Å². The lowest BCUT2D eigenvalue weighted by Crippen LogP contribution is -2.04. The van der Waals surface area contributed by atoms with Crippen LogP contribution in [0.3, 0.4) is 0 Å². The van der Waals surface area contributed by atoms with Crippen LogP contribution in [0.2, 0.25) is 0 Å². The van der Waals surface area contributed by atoms with Gasteiger partial charge in [0.15, 0.2) is 0 Å². The quantitative estimate of drug-likeness (QED) is 0.639. The zero-order chi connectivity index (χ0) is 19.8. The first-order valence-electron chi connectivity index (χ1n) is 8.23. The summed E-state index contributed by atoms with van der Waals surface area (Å²) < 4.78 is 25.1. The molecular weight excluding hydrogens is 368 g/mol. The normalized spacial score (nSPS) is 11.7. The Labute approximate surface area is 157 Å². The fraction of sp³-hybridized carbons (Fsp3) is 0.278. The van der Waals surface area contributed by atoms with Gasteiger partial charge in [-0.3, -0.25) is 4.68 Å². The Morgan fingerprint density at radius 1 is 1.22 bits per heavy atom. The standard InChI is InChI=1S/C18H20N4O4S/c1-11-8-13(9-16(24)12(11)2)17-14(10-22(21-17)6-7-23)15-4-5-19-18(20-15)27(3,25)26/h4-5,8-10,23-24H,6-7H2,1-3H3. The van der Waals surface area contributed by atoms with Crippen LogP contribution in [0.4, 0.5) is 0 Å². The summed E-state index contributed by atoms with van der Waals surface area (Å²) >= 11 is 0. The van der Waals surface area contributed by atoms with Gasteiger partial charge in [0.2, 0.25) is 15.0 Å². The van der Waals surface area contributed by atoms with Crippen molar-refractivity contribution in [2.75, 3.05) is 12.9 Å². The largest absolute Gasteiger partial charge is 0.508 e. The number of aromatic hydroxyl groups is 1. The van der Waals surface area contributed by atoms with E-state index in [1.807, 2.05) is 19.9 Å². The molecule has 0 radical (unpaired) electrons. The van der Waals surface area contributed by atoms with E-state index in [-0.39, 0.29) is 24.1 Å². The number of phenols is 1. The molecule has 2 aromatic heterocycles. The first kappa shape index (κ1) is 19.0. The van der Waals surface area contributed by atoms with Crippen LogP contribution in [-0.4, -0.2) is 51.2 Å². The van der Waals surface area contributed by atoms with E-state index in [9.17, 15) is 18.6 Å². The molecule has 0 saturated carbocycles. The van der Waals surface area contributed by atoms with Crippen molar-refractivity contribution in [2.45, 2.75) is 25.5 Å². The molecule has 0 saturated heterocycles. The molecule has 9 heteroatoms. The third-order valence-corrected chi connectivity index (χ3v) is 5.11. The van der Waals surface area contributed by atoms with Crippen LogP contribution in [0, 0.1) is 13.8 Å². The number of hydrogen-bond acceptors (Lipinski definition) is 7. The SMILES string of the molecule is Cc1cc(-c2nn(CCO)cc2-c2ccnc(S(C)(=O)=O)n2)cc(O)c1C. The van der Waals surface area contributed by atoms with Gasteiger partial charge in [-0.05, 0) is 43.2 Å². The molecule has 0 aliphatic heterocycles. The van der Waals surface area contributed by atoms with Crippen LogP contribution in [-0.2, 0) is 16.4 Å². The lowest BCUT2D eigenvalue weighted by molar-refractivity contribution is 0.269. The number of phenolic OH excluding ortho intramolecular Hbond substituents is 1. The van der Waals surface area contributed by atoms with E-state index in [1.165, 1.54) is 6.20 Å². The van der Waals surface area contributed by atoms with E-state index in [4.69, 9.17) is 0 Å². The Kier molecular flexibility index (Phi) is 4.99. The highest BCUT2D eigenvalue weighted by Crippen LogP contribution is 2.34. The summed E-state index contributed by atoms with van der Waals surface area (Å²) in [5.74, 6) is 0.146. The molecule has 0 amide bonds. The molecule has 8 nitrogen and oxygen atoms in total. The molecule has 0 fully saturated rings. The lowest BCUT2D eigenvalue weighted by atomic mass is 10.00. The van der Waals surface area contributed by atoms with E-state index in [2.05, 4.69) is 15.1 Å². The summed E-state index contributed by atoms with van der Waals surface area (Å²) in [6.45, 7) is 3.88. The molecule has 0 unspecified atom stereocenters. The maximum atomic E-state index is 11.8. The van der Waals surface area contributed by atoms with Gasteiger partial charge in [-0.2, -0.15) is 5.10 Å². The van der Waals surface area contributed by atoms with Crippen LogP contribution in [0.25, 0.3) is 22.5 Å². The molecule has 0 bridgehead atoms. The first-order valence-corrected chi connectivity index (χ1v) is 10.1. The van der Waals surface area contributed by atoms with Crippen molar-refractivity contribution in [1.82, 2.24) is 19.7 Å². The predicted octanol–water partition coefficient (Wildman–Crippen LogP) is 1.73. The number of hydrogen-bond donors (Lipinski definition) is 2. The molecule has 2 heterocycles. The number of sulfone groups is 1. The van der Waals surface area contributed by atoms with Crippen molar-refractivity contribution in [1.29, 1.82) is 0 Å². The number of nitrogens with zero attached hydrogens (tertiary/aromatic N) is 4. The van der Waals surface area contributed by atoms with Crippen LogP contribution in [0.15, 0.2) is 35.7 Å². The molecule has 1 aromatic carbocycles. The number of rotatable bonds is 5.